The van der Waals surface area contributed by atoms with Crippen molar-refractivity contribution in [2.75, 3.05) is 27.2 Å². The summed E-state index contributed by atoms with van der Waals surface area (Å²) in [6, 6.07) is 0. The minimum atomic E-state index is -6.88. The maximum absolute atomic E-state index is 13.2. The van der Waals surface area contributed by atoms with Crippen molar-refractivity contribution in [2.24, 2.45) is 0 Å². The van der Waals surface area contributed by atoms with Crippen molar-refractivity contribution in [2.45, 2.75) is 43.2 Å². The molecule has 0 aliphatic rings. The molecule has 0 spiro atoms. The SMILES string of the molecule is C[N+](C)(CCCCC(F)(F)C(F)(F)C(F)(F)C(F)(F)F)CC(=O)[O-]. The number of alkyl halides is 9. The molecule has 0 heterocycles. The Kier molecular flexibility index (Phi) is 6.62. The van der Waals surface area contributed by atoms with Gasteiger partial charge in [-0.15, -0.1) is 0 Å². The summed E-state index contributed by atoms with van der Waals surface area (Å²) in [6.45, 7) is -0.621. The van der Waals surface area contributed by atoms with Gasteiger partial charge in [0.05, 0.1) is 26.6 Å². The summed E-state index contributed by atoms with van der Waals surface area (Å²) in [4.78, 5) is 10.4. The Balaban J connectivity index is 4.84. The highest BCUT2D eigenvalue weighted by Crippen LogP contribution is 2.54. The summed E-state index contributed by atoms with van der Waals surface area (Å²) in [5.41, 5.74) is 0. The van der Waals surface area contributed by atoms with Crippen LogP contribution in [-0.4, -0.2) is 61.6 Å². The van der Waals surface area contributed by atoms with E-state index in [1.165, 1.54) is 14.1 Å². The van der Waals surface area contributed by atoms with Crippen LogP contribution in [-0.2, 0) is 4.79 Å². The first kappa shape index (κ1) is 22.8. The zero-order chi connectivity index (χ0) is 19.6. The van der Waals surface area contributed by atoms with Crippen molar-refractivity contribution < 1.29 is 53.9 Å². The van der Waals surface area contributed by atoms with Gasteiger partial charge < -0.3 is 14.4 Å². The lowest BCUT2D eigenvalue weighted by atomic mass is 9.98. The molecule has 0 saturated heterocycles. The van der Waals surface area contributed by atoms with Crippen molar-refractivity contribution in [1.29, 1.82) is 0 Å². The molecule has 0 atom stereocenters. The number of carbonyl (C=O) groups excluding carboxylic acids is 1. The van der Waals surface area contributed by atoms with E-state index >= 15 is 0 Å². The maximum atomic E-state index is 13.2. The van der Waals surface area contributed by atoms with Gasteiger partial charge in [0, 0.05) is 6.42 Å². The summed E-state index contributed by atoms with van der Waals surface area (Å²) in [6.07, 6.45) is -9.82. The number of hydrogen-bond donors (Lipinski definition) is 0. The highest BCUT2D eigenvalue weighted by atomic mass is 19.4. The van der Waals surface area contributed by atoms with Crippen molar-refractivity contribution in [3.63, 3.8) is 0 Å². The van der Waals surface area contributed by atoms with Crippen molar-refractivity contribution in [3.05, 3.63) is 0 Å². The van der Waals surface area contributed by atoms with E-state index in [-0.39, 0.29) is 17.4 Å². The Labute approximate surface area is 131 Å². The Hall–Kier alpha value is -1.20. The smallest absolute Gasteiger partial charge is 0.460 e. The number of carboxylic acid groups (broad SMARTS) is 1. The number of hydrogen-bond acceptors (Lipinski definition) is 2. The van der Waals surface area contributed by atoms with E-state index in [4.69, 9.17) is 0 Å². The third-order valence-electron chi connectivity index (χ3n) is 3.27. The third kappa shape index (κ3) is 5.15. The molecule has 0 unspecified atom stereocenters. The number of rotatable bonds is 9. The molecule has 0 bridgehead atoms. The van der Waals surface area contributed by atoms with Crippen molar-refractivity contribution >= 4 is 5.97 Å². The van der Waals surface area contributed by atoms with Crippen LogP contribution < -0.4 is 5.11 Å². The molecule has 0 aliphatic heterocycles. The van der Waals surface area contributed by atoms with E-state index in [9.17, 15) is 49.4 Å². The lowest BCUT2D eigenvalue weighted by Crippen LogP contribution is -2.60. The minimum absolute atomic E-state index is 0.106. The number of nitrogens with zero attached hydrogens (tertiary/aromatic N) is 1. The zero-order valence-electron chi connectivity index (χ0n) is 12.7. The summed E-state index contributed by atoms with van der Waals surface area (Å²) < 4.78 is 113. The first-order valence-corrected chi connectivity index (χ1v) is 6.59. The number of carbonyl (C=O) groups is 1. The van der Waals surface area contributed by atoms with Gasteiger partial charge in [0.15, 0.2) is 0 Å². The summed E-state index contributed by atoms with van der Waals surface area (Å²) in [5, 5.41) is 10.4. The minimum Gasteiger partial charge on any atom is -0.544 e. The Bertz CT molecular complexity index is 446. The van der Waals surface area contributed by atoms with Gasteiger partial charge >= 0.3 is 23.9 Å². The van der Waals surface area contributed by atoms with Crippen LogP contribution in [0, 0.1) is 0 Å². The highest BCUT2D eigenvalue weighted by Gasteiger charge is 2.81. The van der Waals surface area contributed by atoms with Gasteiger partial charge in [0.25, 0.3) is 0 Å². The predicted molar refractivity (Wildman–Crippen MR) is 61.6 cm³/mol. The molecule has 0 radical (unpaired) electrons. The normalized spacial score (nSPS) is 14.8. The van der Waals surface area contributed by atoms with Crippen LogP contribution in [0.15, 0.2) is 0 Å². The average Bonchev–Trinajstić information content (AvgIpc) is 2.31. The summed E-state index contributed by atoms with van der Waals surface area (Å²) in [5.74, 6) is -20.5. The first-order chi connectivity index (χ1) is 10.4. The lowest BCUT2D eigenvalue weighted by Gasteiger charge is -2.34. The molecule has 24 heavy (non-hydrogen) atoms. The van der Waals surface area contributed by atoms with E-state index in [1.807, 2.05) is 0 Å². The van der Waals surface area contributed by atoms with Gasteiger partial charge in [-0.2, -0.15) is 39.5 Å². The van der Waals surface area contributed by atoms with Crippen molar-refractivity contribution in [1.82, 2.24) is 0 Å². The van der Waals surface area contributed by atoms with E-state index in [0.29, 0.717) is 0 Å². The molecule has 0 aromatic heterocycles. The van der Waals surface area contributed by atoms with Crippen LogP contribution in [0.25, 0.3) is 0 Å². The fraction of sp³-hybridized carbons (Fsp3) is 0.917. The van der Waals surface area contributed by atoms with E-state index < -0.39 is 49.3 Å². The Morgan fingerprint density at radius 3 is 1.71 bits per heavy atom. The van der Waals surface area contributed by atoms with Crippen LogP contribution in [0.4, 0.5) is 39.5 Å². The first-order valence-electron chi connectivity index (χ1n) is 6.59. The second kappa shape index (κ2) is 6.96. The number of unbranched alkanes of at least 4 members (excludes halogenated alkanes) is 1. The zero-order valence-corrected chi connectivity index (χ0v) is 12.7. The van der Waals surface area contributed by atoms with Crippen LogP contribution in [0.3, 0.4) is 0 Å². The standard InChI is InChI=1S/C12H16F9NO2/c1-22(2,7-8(23)24)6-4-3-5-9(13,14)10(15,16)11(17,18)12(19,20)21/h3-7H2,1-2H3. The monoisotopic (exact) mass is 377 g/mol. The van der Waals surface area contributed by atoms with E-state index in [1.54, 1.807) is 0 Å². The molecule has 0 rings (SSSR count). The van der Waals surface area contributed by atoms with Gasteiger partial charge in [-0.25, -0.2) is 0 Å². The number of carboxylic acids is 1. The van der Waals surface area contributed by atoms with Crippen LogP contribution in [0.2, 0.25) is 0 Å². The largest absolute Gasteiger partial charge is 0.544 e. The molecule has 12 heteroatoms. The van der Waals surface area contributed by atoms with Gasteiger partial charge in [-0.3, -0.25) is 0 Å². The van der Waals surface area contributed by atoms with E-state index in [0.717, 1.165) is 0 Å². The van der Waals surface area contributed by atoms with Crippen molar-refractivity contribution in [3.8, 4) is 0 Å². The Morgan fingerprint density at radius 1 is 0.875 bits per heavy atom. The second-order valence-electron chi connectivity index (χ2n) is 6.00. The van der Waals surface area contributed by atoms with Gasteiger partial charge in [0.1, 0.15) is 6.54 Å². The molecular weight excluding hydrogens is 361 g/mol. The molecule has 3 nitrogen and oxygen atoms in total. The predicted octanol–water partition coefficient (Wildman–Crippen LogP) is 2.45. The maximum Gasteiger partial charge on any atom is 0.460 e. The van der Waals surface area contributed by atoms with Crippen LogP contribution in [0.5, 0.6) is 0 Å². The lowest BCUT2D eigenvalue weighted by molar-refractivity contribution is -0.885. The molecule has 0 amide bonds. The molecule has 0 aliphatic carbocycles. The topological polar surface area (TPSA) is 40.1 Å². The van der Waals surface area contributed by atoms with Crippen LogP contribution >= 0.6 is 0 Å². The fourth-order valence-corrected chi connectivity index (χ4v) is 1.88. The van der Waals surface area contributed by atoms with Gasteiger partial charge in [-0.1, -0.05) is 0 Å². The fourth-order valence-electron chi connectivity index (χ4n) is 1.88. The van der Waals surface area contributed by atoms with E-state index in [2.05, 4.69) is 0 Å². The molecule has 0 N–H and O–H groups in total. The highest BCUT2D eigenvalue weighted by molar-refractivity contribution is 5.65. The molecule has 0 fully saturated rings. The van der Waals surface area contributed by atoms with Gasteiger partial charge in [-0.05, 0) is 12.8 Å². The molecule has 0 aromatic rings. The average molecular weight is 377 g/mol. The molecule has 0 saturated carbocycles. The number of quaternary nitrogens is 1. The molecule has 0 aromatic carbocycles. The second-order valence-corrected chi connectivity index (χ2v) is 6.00. The molecule has 144 valence electrons. The number of likely N-dealkylation sites (N-methyl/N-ethyl adjacent to an activating group) is 1. The number of aliphatic carboxylic acids is 1. The van der Waals surface area contributed by atoms with Gasteiger partial charge in [0.2, 0.25) is 0 Å². The molecular formula is C12H16F9NO2. The van der Waals surface area contributed by atoms with Crippen LogP contribution in [0.1, 0.15) is 19.3 Å². The third-order valence-corrected chi connectivity index (χ3v) is 3.27. The number of halogens is 9. The Morgan fingerprint density at radius 2 is 1.33 bits per heavy atom. The quantitative estimate of drug-likeness (QED) is 0.352. The summed E-state index contributed by atoms with van der Waals surface area (Å²) >= 11 is 0. The summed E-state index contributed by atoms with van der Waals surface area (Å²) in [7, 11) is 2.72.